The van der Waals surface area contributed by atoms with Crippen molar-refractivity contribution in [3.63, 3.8) is 0 Å². The van der Waals surface area contributed by atoms with Crippen molar-refractivity contribution in [2.45, 2.75) is 33.9 Å². The van der Waals surface area contributed by atoms with Gasteiger partial charge in [0, 0.05) is 22.8 Å². The Morgan fingerprint density at radius 2 is 1.83 bits per heavy atom. The minimum absolute atomic E-state index is 0. The highest BCUT2D eigenvalue weighted by Gasteiger charge is 2.09. The number of nitrogens with zero attached hydrogens (tertiary/aromatic N) is 1. The molecule has 0 aliphatic carbocycles. The number of aliphatic imine (C=N–C) groups is 1. The molecule has 0 unspecified atom stereocenters. The van der Waals surface area contributed by atoms with Gasteiger partial charge in [0.15, 0.2) is 24.1 Å². The first-order valence-corrected chi connectivity index (χ1v) is 10.5. The van der Waals surface area contributed by atoms with Crippen molar-refractivity contribution in [1.82, 2.24) is 16.0 Å². The average molecular weight is 546 g/mol. The summed E-state index contributed by atoms with van der Waals surface area (Å²) in [5, 5.41) is 9.31. The van der Waals surface area contributed by atoms with E-state index in [4.69, 9.17) is 9.47 Å². The second-order valence-electron chi connectivity index (χ2n) is 6.29. The lowest BCUT2D eigenvalue weighted by Gasteiger charge is -2.13. The quantitative estimate of drug-likeness (QED) is 0.242. The lowest BCUT2D eigenvalue weighted by Crippen LogP contribution is -2.36. The number of halogens is 1. The van der Waals surface area contributed by atoms with Gasteiger partial charge in [-0.05, 0) is 50.6 Å². The summed E-state index contributed by atoms with van der Waals surface area (Å²) < 4.78 is 11.0. The van der Waals surface area contributed by atoms with Crippen LogP contribution in [-0.4, -0.2) is 38.7 Å². The number of aryl methyl sites for hydroxylation is 1. The molecule has 0 saturated carbocycles. The topological polar surface area (TPSA) is 84.0 Å². The van der Waals surface area contributed by atoms with E-state index < -0.39 is 0 Å². The second-order valence-corrected chi connectivity index (χ2v) is 7.66. The molecule has 9 heteroatoms. The zero-order chi connectivity index (χ0) is 21.1. The summed E-state index contributed by atoms with van der Waals surface area (Å²) in [4.78, 5) is 18.8. The Labute approximate surface area is 199 Å². The highest BCUT2D eigenvalue weighted by Crippen LogP contribution is 2.28. The van der Waals surface area contributed by atoms with Gasteiger partial charge < -0.3 is 25.4 Å². The molecule has 1 heterocycles. The van der Waals surface area contributed by atoms with E-state index in [1.54, 1.807) is 24.5 Å². The predicted octanol–water partition coefficient (Wildman–Crippen LogP) is 3.45. The number of thiophene rings is 1. The number of hydrogen-bond donors (Lipinski definition) is 3. The summed E-state index contributed by atoms with van der Waals surface area (Å²) >= 11 is 1.77. The molecule has 0 aliphatic heterocycles. The molecule has 1 amide bonds. The van der Waals surface area contributed by atoms with Crippen LogP contribution in [0.2, 0.25) is 0 Å². The van der Waals surface area contributed by atoms with Gasteiger partial charge in [-0.25, -0.2) is 4.99 Å². The number of nitrogens with one attached hydrogen (secondary N) is 3. The van der Waals surface area contributed by atoms with Crippen molar-refractivity contribution < 1.29 is 14.3 Å². The van der Waals surface area contributed by atoms with Crippen molar-refractivity contribution in [3.05, 3.63) is 45.6 Å². The van der Waals surface area contributed by atoms with Crippen LogP contribution in [0.5, 0.6) is 11.5 Å². The Hall–Kier alpha value is -2.01. The van der Waals surface area contributed by atoms with Crippen LogP contribution in [0.25, 0.3) is 0 Å². The number of ether oxygens (including phenoxy) is 2. The molecule has 2 aromatic rings. The third kappa shape index (κ3) is 8.78. The fourth-order valence-electron chi connectivity index (χ4n) is 2.58. The normalized spacial score (nSPS) is 10.7. The number of carbonyl (C=O) groups excluding carboxylic acids is 1. The van der Waals surface area contributed by atoms with Gasteiger partial charge in [-0.3, -0.25) is 4.79 Å². The van der Waals surface area contributed by atoms with E-state index in [9.17, 15) is 4.79 Å². The maximum atomic E-state index is 11.6. The SMILES string of the molecule is CCNC(=O)COc1ccc(CN=C(NCC)NCc2ccc(C)s2)cc1OC.I. The van der Waals surface area contributed by atoms with Crippen LogP contribution >= 0.6 is 35.3 Å². The number of amides is 1. The lowest BCUT2D eigenvalue weighted by atomic mass is 10.2. The number of likely N-dealkylation sites (N-methyl/N-ethyl adjacent to an activating group) is 1. The molecule has 0 spiro atoms. The summed E-state index contributed by atoms with van der Waals surface area (Å²) in [5.74, 6) is 1.71. The Balaban J connectivity index is 0.00000450. The Bertz CT molecular complexity index is 826. The molecule has 0 fully saturated rings. The monoisotopic (exact) mass is 546 g/mol. The molecule has 0 radical (unpaired) electrons. The number of methoxy groups -OCH3 is 1. The molecule has 0 saturated heterocycles. The van der Waals surface area contributed by atoms with Crippen LogP contribution in [-0.2, 0) is 17.9 Å². The molecule has 1 aromatic carbocycles. The van der Waals surface area contributed by atoms with Gasteiger partial charge in [-0.1, -0.05) is 6.07 Å². The second kappa shape index (κ2) is 14.1. The number of hydrogen-bond acceptors (Lipinski definition) is 5. The van der Waals surface area contributed by atoms with Crippen molar-refractivity contribution in [2.24, 2.45) is 4.99 Å². The van der Waals surface area contributed by atoms with Crippen molar-refractivity contribution in [2.75, 3.05) is 26.8 Å². The highest BCUT2D eigenvalue weighted by atomic mass is 127. The highest BCUT2D eigenvalue weighted by molar-refractivity contribution is 14.0. The van der Waals surface area contributed by atoms with E-state index in [1.807, 2.05) is 26.0 Å². The van der Waals surface area contributed by atoms with Crippen LogP contribution < -0.4 is 25.4 Å². The molecule has 0 atom stereocenters. The zero-order valence-corrected chi connectivity index (χ0v) is 21.1. The van der Waals surface area contributed by atoms with E-state index in [-0.39, 0.29) is 36.5 Å². The van der Waals surface area contributed by atoms with Crippen LogP contribution in [0.4, 0.5) is 0 Å². The van der Waals surface area contributed by atoms with Crippen molar-refractivity contribution in [1.29, 1.82) is 0 Å². The first-order chi connectivity index (χ1) is 14.0. The number of guanidine groups is 1. The molecular weight excluding hydrogens is 515 g/mol. The molecule has 2 rings (SSSR count). The first-order valence-electron chi connectivity index (χ1n) is 9.69. The van der Waals surface area contributed by atoms with Gasteiger partial charge in [0.2, 0.25) is 0 Å². The van der Waals surface area contributed by atoms with Crippen LogP contribution in [0.3, 0.4) is 0 Å². The summed E-state index contributed by atoms with van der Waals surface area (Å²) in [6, 6.07) is 9.85. The lowest BCUT2D eigenvalue weighted by molar-refractivity contribution is -0.123. The fourth-order valence-corrected chi connectivity index (χ4v) is 3.41. The molecule has 7 nitrogen and oxygen atoms in total. The van der Waals surface area contributed by atoms with Crippen molar-refractivity contribution >= 4 is 47.2 Å². The van der Waals surface area contributed by atoms with Gasteiger partial charge >= 0.3 is 0 Å². The van der Waals surface area contributed by atoms with E-state index in [1.165, 1.54) is 9.75 Å². The average Bonchev–Trinajstić information content (AvgIpc) is 3.14. The van der Waals surface area contributed by atoms with E-state index >= 15 is 0 Å². The number of carbonyl (C=O) groups is 1. The molecule has 30 heavy (non-hydrogen) atoms. The van der Waals surface area contributed by atoms with Gasteiger partial charge in [0.25, 0.3) is 5.91 Å². The molecule has 3 N–H and O–H groups in total. The summed E-state index contributed by atoms with van der Waals surface area (Å²) in [6.45, 7) is 8.55. The smallest absolute Gasteiger partial charge is 0.257 e. The molecular formula is C21H31IN4O3S. The molecule has 1 aromatic heterocycles. The van der Waals surface area contributed by atoms with Crippen LogP contribution in [0.1, 0.15) is 29.2 Å². The molecule has 0 aliphatic rings. The largest absolute Gasteiger partial charge is 0.493 e. The maximum Gasteiger partial charge on any atom is 0.257 e. The van der Waals surface area contributed by atoms with E-state index in [2.05, 4.69) is 40.0 Å². The van der Waals surface area contributed by atoms with Gasteiger partial charge in [0.1, 0.15) is 0 Å². The molecule has 0 bridgehead atoms. The van der Waals surface area contributed by atoms with Crippen LogP contribution in [0, 0.1) is 6.92 Å². The minimum atomic E-state index is -0.162. The maximum absolute atomic E-state index is 11.6. The Morgan fingerprint density at radius 3 is 2.47 bits per heavy atom. The Morgan fingerprint density at radius 1 is 1.07 bits per heavy atom. The number of rotatable bonds is 10. The predicted molar refractivity (Wildman–Crippen MR) is 133 cm³/mol. The summed E-state index contributed by atoms with van der Waals surface area (Å²) in [7, 11) is 1.58. The molecule has 166 valence electrons. The first kappa shape index (κ1) is 26.0. The van der Waals surface area contributed by atoms with E-state index in [0.717, 1.165) is 24.6 Å². The van der Waals surface area contributed by atoms with Crippen molar-refractivity contribution in [3.8, 4) is 11.5 Å². The zero-order valence-electron chi connectivity index (χ0n) is 17.9. The third-order valence-corrected chi connectivity index (χ3v) is 4.95. The summed E-state index contributed by atoms with van der Waals surface area (Å²) in [6.07, 6.45) is 0. The van der Waals surface area contributed by atoms with E-state index in [0.29, 0.717) is 24.6 Å². The summed E-state index contributed by atoms with van der Waals surface area (Å²) in [5.41, 5.74) is 0.983. The number of benzene rings is 1. The third-order valence-electron chi connectivity index (χ3n) is 3.95. The van der Waals surface area contributed by atoms with Gasteiger partial charge in [0.05, 0.1) is 20.2 Å². The fraction of sp³-hybridized carbons (Fsp3) is 0.429. The van der Waals surface area contributed by atoms with Crippen LogP contribution in [0.15, 0.2) is 35.3 Å². The minimum Gasteiger partial charge on any atom is -0.493 e. The van der Waals surface area contributed by atoms with Gasteiger partial charge in [-0.2, -0.15) is 0 Å². The van der Waals surface area contributed by atoms with Gasteiger partial charge in [-0.15, -0.1) is 35.3 Å². The standard InChI is InChI=1S/C21H30N4O3S.HI/c1-5-22-20(26)14-28-18-10-8-16(11-19(18)27-4)12-24-21(23-6-2)25-13-17-9-7-15(3)29-17;/h7-11H,5-6,12-14H2,1-4H3,(H,22,26)(H2,23,24,25);1H. The Kier molecular flexibility index (Phi) is 12.2.